The van der Waals surface area contributed by atoms with E-state index >= 15 is 0 Å². The molecular formula is C30H27F3O4S. The van der Waals surface area contributed by atoms with Crippen molar-refractivity contribution in [2.24, 2.45) is 0 Å². The van der Waals surface area contributed by atoms with Gasteiger partial charge in [-0.1, -0.05) is 18.2 Å². The zero-order valence-electron chi connectivity index (χ0n) is 21.6. The molecule has 0 fully saturated rings. The largest absolute Gasteiger partial charge is 0.497 e. The Morgan fingerprint density at radius 1 is 0.921 bits per heavy atom. The zero-order chi connectivity index (χ0) is 27.7. The number of fused-ring (bicyclic) bond motifs is 1. The molecule has 0 saturated carbocycles. The minimum absolute atomic E-state index is 0.436. The Bertz CT molecular complexity index is 1490. The maximum Gasteiger partial charge on any atom is 0.416 e. The van der Waals surface area contributed by atoms with E-state index in [0.717, 1.165) is 27.8 Å². The Morgan fingerprint density at radius 2 is 1.61 bits per heavy atom. The van der Waals surface area contributed by atoms with E-state index in [1.54, 1.807) is 65.1 Å². The highest BCUT2D eigenvalue weighted by Crippen LogP contribution is 2.48. The Balaban J connectivity index is 1.68. The number of aryl methyl sites for hydroxylation is 1. The second-order valence-corrected chi connectivity index (χ2v) is 10.7. The van der Waals surface area contributed by atoms with Crippen molar-refractivity contribution in [2.45, 2.75) is 39.5 Å². The summed E-state index contributed by atoms with van der Waals surface area (Å²) in [5, 5.41) is 0.819. The number of esters is 1. The molecule has 0 bridgehead atoms. The van der Waals surface area contributed by atoms with Crippen LogP contribution in [0.15, 0.2) is 66.7 Å². The molecule has 0 N–H and O–H groups in total. The number of carbonyl (C=O) groups excluding carboxylic acids is 1. The topological polar surface area (TPSA) is 44.8 Å². The quantitative estimate of drug-likeness (QED) is 0.181. The molecule has 1 heterocycles. The van der Waals surface area contributed by atoms with Gasteiger partial charge >= 0.3 is 12.1 Å². The molecule has 198 valence electrons. The van der Waals surface area contributed by atoms with Crippen molar-refractivity contribution in [3.8, 4) is 27.7 Å². The highest BCUT2D eigenvalue weighted by Gasteiger charge is 2.31. The molecule has 0 aliphatic heterocycles. The number of benzene rings is 3. The SMILES string of the molecule is COc1ccc2c(Oc3ccc(C=CC(=O)OC(C)(C)C)cc3)c(-c3ccc(C(F)(F)F)cc3C)sc2c1. The molecule has 4 nitrogen and oxygen atoms in total. The van der Waals surface area contributed by atoms with Gasteiger partial charge in [0, 0.05) is 16.2 Å². The first-order valence-corrected chi connectivity index (χ1v) is 12.6. The van der Waals surface area contributed by atoms with Crippen LogP contribution in [-0.2, 0) is 15.7 Å². The minimum Gasteiger partial charge on any atom is -0.497 e. The van der Waals surface area contributed by atoms with Crippen LogP contribution in [0.1, 0.15) is 37.5 Å². The first-order valence-electron chi connectivity index (χ1n) is 11.8. The molecule has 0 aliphatic carbocycles. The lowest BCUT2D eigenvalue weighted by Crippen LogP contribution is -2.22. The van der Waals surface area contributed by atoms with E-state index in [2.05, 4.69) is 0 Å². The highest BCUT2D eigenvalue weighted by atomic mass is 32.1. The first kappa shape index (κ1) is 27.3. The van der Waals surface area contributed by atoms with Crippen molar-refractivity contribution in [1.82, 2.24) is 0 Å². The van der Waals surface area contributed by atoms with E-state index in [9.17, 15) is 18.0 Å². The molecule has 0 spiro atoms. The van der Waals surface area contributed by atoms with Gasteiger partial charge in [-0.15, -0.1) is 11.3 Å². The van der Waals surface area contributed by atoms with Gasteiger partial charge in [0.2, 0.25) is 0 Å². The number of alkyl halides is 3. The van der Waals surface area contributed by atoms with Gasteiger partial charge in [-0.3, -0.25) is 0 Å². The van der Waals surface area contributed by atoms with Crippen molar-refractivity contribution < 1.29 is 32.2 Å². The summed E-state index contributed by atoms with van der Waals surface area (Å²) >= 11 is 1.42. The fraction of sp³-hybridized carbons (Fsp3) is 0.233. The molecule has 4 aromatic rings. The second kappa shape index (κ2) is 10.5. The van der Waals surface area contributed by atoms with Crippen molar-refractivity contribution >= 4 is 33.5 Å². The number of methoxy groups -OCH3 is 1. The van der Waals surface area contributed by atoms with E-state index in [4.69, 9.17) is 14.2 Å². The van der Waals surface area contributed by atoms with Crippen LogP contribution in [-0.4, -0.2) is 18.7 Å². The van der Waals surface area contributed by atoms with Crippen molar-refractivity contribution in [1.29, 1.82) is 0 Å². The van der Waals surface area contributed by atoms with Crippen molar-refractivity contribution in [3.05, 3.63) is 83.4 Å². The molecular weight excluding hydrogens is 513 g/mol. The van der Waals surface area contributed by atoms with Gasteiger partial charge in [-0.2, -0.15) is 13.2 Å². The summed E-state index contributed by atoms with van der Waals surface area (Å²) in [7, 11) is 1.58. The number of rotatable bonds is 6. The van der Waals surface area contributed by atoms with Crippen LogP contribution in [0.4, 0.5) is 13.2 Å². The summed E-state index contributed by atoms with van der Waals surface area (Å²) in [6.45, 7) is 7.06. The molecule has 0 amide bonds. The Hall–Kier alpha value is -3.78. The van der Waals surface area contributed by atoms with Gasteiger partial charge in [0.25, 0.3) is 0 Å². The lowest BCUT2D eigenvalue weighted by atomic mass is 10.0. The molecule has 38 heavy (non-hydrogen) atoms. The van der Waals surface area contributed by atoms with Crippen LogP contribution < -0.4 is 9.47 Å². The van der Waals surface area contributed by atoms with Gasteiger partial charge < -0.3 is 14.2 Å². The fourth-order valence-corrected chi connectivity index (χ4v) is 5.07. The van der Waals surface area contributed by atoms with Gasteiger partial charge in [-0.25, -0.2) is 4.79 Å². The molecule has 0 saturated heterocycles. The van der Waals surface area contributed by atoms with E-state index in [0.29, 0.717) is 33.3 Å². The third-order valence-electron chi connectivity index (χ3n) is 5.57. The van der Waals surface area contributed by atoms with E-state index in [1.807, 2.05) is 18.2 Å². The first-order chi connectivity index (χ1) is 17.8. The maximum atomic E-state index is 13.3. The third kappa shape index (κ3) is 6.37. The van der Waals surface area contributed by atoms with E-state index in [-0.39, 0.29) is 0 Å². The van der Waals surface area contributed by atoms with Crippen LogP contribution in [0.3, 0.4) is 0 Å². The third-order valence-corrected chi connectivity index (χ3v) is 6.74. The van der Waals surface area contributed by atoms with Crippen LogP contribution in [0.5, 0.6) is 17.2 Å². The summed E-state index contributed by atoms with van der Waals surface area (Å²) in [5.74, 6) is 1.32. The zero-order valence-corrected chi connectivity index (χ0v) is 22.4. The Morgan fingerprint density at radius 3 is 2.21 bits per heavy atom. The van der Waals surface area contributed by atoms with Crippen LogP contribution >= 0.6 is 11.3 Å². The summed E-state index contributed by atoms with van der Waals surface area (Å²) < 4.78 is 57.6. The normalized spacial score (nSPS) is 12.2. The smallest absolute Gasteiger partial charge is 0.416 e. The summed E-state index contributed by atoms with van der Waals surface area (Å²) in [6, 6.07) is 16.4. The average molecular weight is 541 g/mol. The van der Waals surface area contributed by atoms with E-state index in [1.165, 1.54) is 23.5 Å². The summed E-state index contributed by atoms with van der Waals surface area (Å²) in [6.07, 6.45) is -1.40. The van der Waals surface area contributed by atoms with Crippen LogP contribution in [0.25, 0.3) is 26.6 Å². The molecule has 1 aromatic heterocycles. The standard InChI is InChI=1S/C30H27F3O4S/c1-18-16-20(30(31,32)33)9-13-23(18)28-27(24-14-12-22(35-5)17-25(24)38-28)36-21-10-6-19(7-11-21)8-15-26(34)37-29(2,3)4/h6-17H,1-5H3. The lowest BCUT2D eigenvalue weighted by Gasteiger charge is -2.17. The molecule has 4 rings (SSSR count). The van der Waals surface area contributed by atoms with Gasteiger partial charge in [0.05, 0.1) is 17.6 Å². The molecule has 0 unspecified atom stereocenters. The summed E-state index contributed by atoms with van der Waals surface area (Å²) in [5.41, 5.74) is 0.659. The van der Waals surface area contributed by atoms with Crippen LogP contribution in [0.2, 0.25) is 0 Å². The molecule has 0 radical (unpaired) electrons. The van der Waals surface area contributed by atoms with Crippen molar-refractivity contribution in [3.63, 3.8) is 0 Å². The van der Waals surface area contributed by atoms with Gasteiger partial charge in [0.15, 0.2) is 5.75 Å². The fourth-order valence-electron chi connectivity index (χ4n) is 3.82. The molecule has 3 aromatic carbocycles. The average Bonchev–Trinajstić information content (AvgIpc) is 3.19. The highest BCUT2D eigenvalue weighted by molar-refractivity contribution is 7.22. The monoisotopic (exact) mass is 540 g/mol. The number of thiophene rings is 1. The van der Waals surface area contributed by atoms with E-state index < -0.39 is 23.3 Å². The summed E-state index contributed by atoms with van der Waals surface area (Å²) in [4.78, 5) is 12.7. The predicted octanol–water partition coefficient (Wildman–Crippen LogP) is 9.05. The second-order valence-electron chi connectivity index (χ2n) is 9.69. The maximum absolute atomic E-state index is 13.3. The van der Waals surface area contributed by atoms with Crippen LogP contribution in [0, 0.1) is 6.92 Å². The number of carbonyl (C=O) groups is 1. The molecule has 0 aliphatic rings. The van der Waals surface area contributed by atoms with Gasteiger partial charge in [0.1, 0.15) is 17.1 Å². The Kier molecular flexibility index (Phi) is 7.56. The molecule has 8 heteroatoms. The molecule has 0 atom stereocenters. The van der Waals surface area contributed by atoms with Crippen molar-refractivity contribution in [2.75, 3.05) is 7.11 Å². The number of ether oxygens (including phenoxy) is 3. The minimum atomic E-state index is -4.42. The van der Waals surface area contributed by atoms with Gasteiger partial charge in [-0.05, 0) is 92.9 Å². The predicted molar refractivity (Wildman–Crippen MR) is 145 cm³/mol. The lowest BCUT2D eigenvalue weighted by molar-refractivity contribution is -0.148. The number of hydrogen-bond donors (Lipinski definition) is 0. The Labute approximate surface area is 223 Å². The number of halogens is 3. The number of hydrogen-bond acceptors (Lipinski definition) is 5.